The Bertz CT molecular complexity index is 654. The van der Waals surface area contributed by atoms with Crippen LogP contribution < -0.4 is 0 Å². The zero-order valence-electron chi connectivity index (χ0n) is 12.5. The number of halogens is 4. The standard InChI is InChI=1S/C18H17BrF3N/c19-16-8-6-15(7-9-16)17(18(20,21)22)10-11-23(13-17)12-14-4-2-1-3-5-14/h1-9H,10-13H2/t17-/m1/s1. The van der Waals surface area contributed by atoms with Gasteiger partial charge < -0.3 is 0 Å². The highest BCUT2D eigenvalue weighted by Gasteiger charge is 2.58. The molecule has 2 aromatic rings. The van der Waals surface area contributed by atoms with E-state index in [-0.39, 0.29) is 13.0 Å². The predicted octanol–water partition coefficient (Wildman–Crippen LogP) is 5.16. The minimum atomic E-state index is -4.26. The molecule has 0 aromatic heterocycles. The summed E-state index contributed by atoms with van der Waals surface area (Å²) in [6.45, 7) is 1.01. The molecule has 0 radical (unpaired) electrons. The average Bonchev–Trinajstić information content (AvgIpc) is 2.94. The van der Waals surface area contributed by atoms with Crippen LogP contribution in [0.3, 0.4) is 0 Å². The summed E-state index contributed by atoms with van der Waals surface area (Å²) in [6, 6.07) is 16.2. The highest BCUT2D eigenvalue weighted by atomic mass is 79.9. The Morgan fingerprint density at radius 1 is 1.00 bits per heavy atom. The molecule has 1 aliphatic rings. The monoisotopic (exact) mass is 383 g/mol. The van der Waals surface area contributed by atoms with E-state index in [0.29, 0.717) is 18.7 Å². The van der Waals surface area contributed by atoms with Crippen LogP contribution in [0.25, 0.3) is 0 Å². The quantitative estimate of drug-likeness (QED) is 0.707. The molecule has 0 unspecified atom stereocenters. The van der Waals surface area contributed by atoms with Crippen molar-refractivity contribution in [3.8, 4) is 0 Å². The van der Waals surface area contributed by atoms with E-state index in [9.17, 15) is 13.2 Å². The van der Waals surface area contributed by atoms with Gasteiger partial charge in [-0.1, -0.05) is 58.4 Å². The average molecular weight is 384 g/mol. The molecule has 1 atom stereocenters. The minimum absolute atomic E-state index is 0.00697. The molecule has 1 heterocycles. The fourth-order valence-corrected chi connectivity index (χ4v) is 3.53. The molecular formula is C18H17BrF3N. The summed E-state index contributed by atoms with van der Waals surface area (Å²) < 4.78 is 42.4. The van der Waals surface area contributed by atoms with Crippen molar-refractivity contribution in [1.29, 1.82) is 0 Å². The Morgan fingerprint density at radius 3 is 2.26 bits per heavy atom. The number of alkyl halides is 3. The molecule has 1 fully saturated rings. The van der Waals surface area contributed by atoms with Gasteiger partial charge in [0.2, 0.25) is 0 Å². The van der Waals surface area contributed by atoms with E-state index >= 15 is 0 Å². The van der Waals surface area contributed by atoms with Crippen molar-refractivity contribution in [1.82, 2.24) is 4.90 Å². The third kappa shape index (κ3) is 3.31. The lowest BCUT2D eigenvalue weighted by Gasteiger charge is -2.32. The number of likely N-dealkylation sites (tertiary alicyclic amines) is 1. The molecule has 0 amide bonds. The Balaban J connectivity index is 1.86. The summed E-state index contributed by atoms with van der Waals surface area (Å²) >= 11 is 3.29. The smallest absolute Gasteiger partial charge is 0.298 e. The molecule has 0 spiro atoms. The van der Waals surface area contributed by atoms with Gasteiger partial charge in [0.15, 0.2) is 0 Å². The predicted molar refractivity (Wildman–Crippen MR) is 88.2 cm³/mol. The van der Waals surface area contributed by atoms with Gasteiger partial charge in [-0.15, -0.1) is 0 Å². The van der Waals surface area contributed by atoms with E-state index < -0.39 is 11.6 Å². The molecule has 1 saturated heterocycles. The van der Waals surface area contributed by atoms with E-state index in [1.165, 1.54) is 0 Å². The number of nitrogens with zero attached hydrogens (tertiary/aromatic N) is 1. The van der Waals surface area contributed by atoms with Crippen LogP contribution in [0.5, 0.6) is 0 Å². The van der Waals surface area contributed by atoms with Gasteiger partial charge in [0, 0.05) is 17.6 Å². The molecule has 23 heavy (non-hydrogen) atoms. The first-order valence-electron chi connectivity index (χ1n) is 7.50. The van der Waals surface area contributed by atoms with Gasteiger partial charge in [-0.3, -0.25) is 4.90 Å². The summed E-state index contributed by atoms with van der Waals surface area (Å²) in [5, 5.41) is 0. The van der Waals surface area contributed by atoms with Gasteiger partial charge in [0.1, 0.15) is 5.41 Å². The van der Waals surface area contributed by atoms with Crippen molar-refractivity contribution < 1.29 is 13.2 Å². The molecule has 3 rings (SSSR count). The molecule has 0 bridgehead atoms. The second-order valence-electron chi connectivity index (χ2n) is 6.03. The Morgan fingerprint density at radius 2 is 1.65 bits per heavy atom. The van der Waals surface area contributed by atoms with Crippen molar-refractivity contribution in [2.75, 3.05) is 13.1 Å². The molecule has 122 valence electrons. The van der Waals surface area contributed by atoms with Crippen LogP contribution in [0.15, 0.2) is 59.1 Å². The van der Waals surface area contributed by atoms with Crippen LogP contribution in [-0.4, -0.2) is 24.2 Å². The van der Waals surface area contributed by atoms with Crippen molar-refractivity contribution in [2.24, 2.45) is 0 Å². The molecule has 0 N–H and O–H groups in total. The van der Waals surface area contributed by atoms with Crippen LogP contribution in [0.4, 0.5) is 13.2 Å². The normalized spacial score (nSPS) is 22.4. The summed E-state index contributed by atoms with van der Waals surface area (Å²) in [5.74, 6) is 0. The van der Waals surface area contributed by atoms with Crippen LogP contribution in [0.2, 0.25) is 0 Å². The summed E-state index contributed by atoms with van der Waals surface area (Å²) in [6.07, 6.45) is -4.16. The van der Waals surface area contributed by atoms with E-state index in [0.717, 1.165) is 10.0 Å². The van der Waals surface area contributed by atoms with Gasteiger partial charge in [-0.05, 0) is 36.2 Å². The Kier molecular flexibility index (Phi) is 4.52. The van der Waals surface area contributed by atoms with Gasteiger partial charge >= 0.3 is 6.18 Å². The van der Waals surface area contributed by atoms with Gasteiger partial charge in [0.05, 0.1) is 0 Å². The van der Waals surface area contributed by atoms with Gasteiger partial charge in [-0.25, -0.2) is 0 Å². The maximum absolute atomic E-state index is 13.9. The van der Waals surface area contributed by atoms with E-state index in [2.05, 4.69) is 15.9 Å². The first-order valence-corrected chi connectivity index (χ1v) is 8.29. The third-order valence-electron chi connectivity index (χ3n) is 4.54. The fraction of sp³-hybridized carbons (Fsp3) is 0.333. The second kappa shape index (κ2) is 6.29. The van der Waals surface area contributed by atoms with Crippen LogP contribution in [0, 0.1) is 0 Å². The maximum Gasteiger partial charge on any atom is 0.399 e. The largest absolute Gasteiger partial charge is 0.399 e. The highest BCUT2D eigenvalue weighted by Crippen LogP contribution is 2.48. The van der Waals surface area contributed by atoms with Crippen molar-refractivity contribution in [3.05, 3.63) is 70.2 Å². The van der Waals surface area contributed by atoms with Crippen LogP contribution >= 0.6 is 15.9 Å². The van der Waals surface area contributed by atoms with E-state index in [4.69, 9.17) is 0 Å². The summed E-state index contributed by atoms with van der Waals surface area (Å²) in [4.78, 5) is 1.89. The SMILES string of the molecule is FC(F)(F)[C@]1(c2ccc(Br)cc2)CCN(Cc2ccccc2)C1. The third-order valence-corrected chi connectivity index (χ3v) is 5.07. The first kappa shape index (κ1) is 16.5. The van der Waals surface area contributed by atoms with Crippen molar-refractivity contribution in [2.45, 2.75) is 24.6 Å². The molecule has 0 aliphatic carbocycles. The number of hydrogen-bond donors (Lipinski definition) is 0. The zero-order chi connectivity index (χ0) is 16.5. The van der Waals surface area contributed by atoms with E-state index in [1.807, 2.05) is 35.2 Å². The second-order valence-corrected chi connectivity index (χ2v) is 6.95. The molecule has 5 heteroatoms. The summed E-state index contributed by atoms with van der Waals surface area (Å²) in [5.41, 5.74) is -0.382. The molecule has 2 aromatic carbocycles. The molecular weight excluding hydrogens is 367 g/mol. The number of hydrogen-bond acceptors (Lipinski definition) is 1. The maximum atomic E-state index is 13.9. The summed E-state index contributed by atoms with van der Waals surface area (Å²) in [7, 11) is 0. The zero-order valence-corrected chi connectivity index (χ0v) is 14.1. The number of rotatable bonds is 3. The highest BCUT2D eigenvalue weighted by molar-refractivity contribution is 9.10. The van der Waals surface area contributed by atoms with Gasteiger partial charge in [-0.2, -0.15) is 13.2 Å². The molecule has 1 aliphatic heterocycles. The van der Waals surface area contributed by atoms with Crippen molar-refractivity contribution >= 4 is 15.9 Å². The molecule has 1 nitrogen and oxygen atoms in total. The van der Waals surface area contributed by atoms with Crippen molar-refractivity contribution in [3.63, 3.8) is 0 Å². The fourth-order valence-electron chi connectivity index (χ4n) is 3.26. The Hall–Kier alpha value is -1.33. The lowest BCUT2D eigenvalue weighted by atomic mass is 9.79. The lowest BCUT2D eigenvalue weighted by Crippen LogP contribution is -2.44. The topological polar surface area (TPSA) is 3.24 Å². The van der Waals surface area contributed by atoms with Gasteiger partial charge in [0.25, 0.3) is 0 Å². The molecule has 0 saturated carbocycles. The number of benzene rings is 2. The lowest BCUT2D eigenvalue weighted by molar-refractivity contribution is -0.187. The first-order chi connectivity index (χ1) is 10.9. The Labute approximate surface area is 142 Å². The minimum Gasteiger partial charge on any atom is -0.298 e. The van der Waals surface area contributed by atoms with E-state index in [1.54, 1.807) is 24.3 Å². The van der Waals surface area contributed by atoms with Crippen LogP contribution in [-0.2, 0) is 12.0 Å². The van der Waals surface area contributed by atoms with Crippen LogP contribution in [0.1, 0.15) is 17.5 Å².